The van der Waals surface area contributed by atoms with Crippen LogP contribution in [0.25, 0.3) is 0 Å². The maximum Gasteiger partial charge on any atom is 0.331 e. The maximum absolute atomic E-state index is 12.1. The number of carboxylic acids is 1. The fourth-order valence-corrected chi connectivity index (χ4v) is 3.19. The number of anilines is 1. The molecule has 2 aromatic heterocycles. The van der Waals surface area contributed by atoms with E-state index in [9.17, 15) is 9.90 Å². The zero-order valence-corrected chi connectivity index (χ0v) is 14.4. The molecule has 0 unspecified atom stereocenters. The highest BCUT2D eigenvalue weighted by atomic mass is 16.4. The van der Waals surface area contributed by atoms with E-state index < -0.39 is 11.5 Å². The van der Waals surface area contributed by atoms with Crippen LogP contribution in [0.2, 0.25) is 0 Å². The highest BCUT2D eigenvalue weighted by molar-refractivity contribution is 5.77. The van der Waals surface area contributed by atoms with Gasteiger partial charge >= 0.3 is 5.97 Å². The van der Waals surface area contributed by atoms with Gasteiger partial charge in [-0.1, -0.05) is 19.9 Å². The number of nitrogens with zero attached hydrogens (tertiary/aromatic N) is 5. The van der Waals surface area contributed by atoms with Gasteiger partial charge in [0.05, 0.1) is 5.69 Å². The molecule has 0 atom stereocenters. The number of pyridine rings is 1. The number of carboxylic acid groups (broad SMARTS) is 1. The van der Waals surface area contributed by atoms with Crippen molar-refractivity contribution in [3.05, 3.63) is 41.9 Å². The second kappa shape index (κ2) is 6.55. The third-order valence-corrected chi connectivity index (χ3v) is 4.80. The Labute approximate surface area is 146 Å². The van der Waals surface area contributed by atoms with Gasteiger partial charge in [0.1, 0.15) is 17.6 Å². The van der Waals surface area contributed by atoms with Crippen LogP contribution in [0.15, 0.2) is 30.5 Å². The summed E-state index contributed by atoms with van der Waals surface area (Å²) >= 11 is 0. The summed E-state index contributed by atoms with van der Waals surface area (Å²) in [7, 11) is 0. The zero-order valence-electron chi connectivity index (χ0n) is 14.4. The Balaban J connectivity index is 1.83. The number of piperidine rings is 1. The molecule has 7 nitrogen and oxygen atoms in total. The van der Waals surface area contributed by atoms with Crippen molar-refractivity contribution in [2.24, 2.45) is 0 Å². The normalized spacial score (nSPS) is 16.6. The molecule has 1 aliphatic rings. The lowest BCUT2D eigenvalue weighted by molar-refractivity contribution is -0.149. The highest BCUT2D eigenvalue weighted by Crippen LogP contribution is 2.32. The van der Waals surface area contributed by atoms with Crippen LogP contribution in [0.5, 0.6) is 0 Å². The van der Waals surface area contributed by atoms with E-state index in [4.69, 9.17) is 5.26 Å². The van der Waals surface area contributed by atoms with Crippen LogP contribution in [0, 0.1) is 11.3 Å². The average molecular weight is 339 g/mol. The molecule has 0 radical (unpaired) electrons. The van der Waals surface area contributed by atoms with E-state index in [0.717, 1.165) is 5.69 Å². The van der Waals surface area contributed by atoms with Gasteiger partial charge in [-0.2, -0.15) is 10.4 Å². The summed E-state index contributed by atoms with van der Waals surface area (Å²) in [5.74, 6) is 0.107. The van der Waals surface area contributed by atoms with Crippen LogP contribution in [0.3, 0.4) is 0 Å². The Morgan fingerprint density at radius 1 is 1.32 bits per heavy atom. The van der Waals surface area contributed by atoms with Crippen molar-refractivity contribution in [2.45, 2.75) is 38.1 Å². The highest BCUT2D eigenvalue weighted by Gasteiger charge is 2.44. The number of hydrogen-bond acceptors (Lipinski definition) is 5. The van der Waals surface area contributed by atoms with Gasteiger partial charge in [-0.25, -0.2) is 9.78 Å². The van der Waals surface area contributed by atoms with Crippen LogP contribution in [0.4, 0.5) is 5.82 Å². The first-order valence-electron chi connectivity index (χ1n) is 8.38. The second-order valence-electron chi connectivity index (χ2n) is 6.66. The van der Waals surface area contributed by atoms with Gasteiger partial charge in [0.15, 0.2) is 5.54 Å². The van der Waals surface area contributed by atoms with Crippen LogP contribution >= 0.6 is 0 Å². The van der Waals surface area contributed by atoms with Crippen LogP contribution in [-0.4, -0.2) is 38.9 Å². The fourth-order valence-electron chi connectivity index (χ4n) is 3.19. The average Bonchev–Trinajstić information content (AvgIpc) is 3.12. The SMILES string of the molecule is CC(C)c1ccn(C2(C(=O)O)CCN(c3cccc(C#N)n3)CC2)n1. The molecule has 1 N–H and O–H groups in total. The predicted molar refractivity (Wildman–Crippen MR) is 92.3 cm³/mol. The van der Waals surface area contributed by atoms with E-state index in [1.807, 2.05) is 36.9 Å². The first kappa shape index (κ1) is 17.0. The molecule has 7 heteroatoms. The van der Waals surface area contributed by atoms with Crippen molar-refractivity contribution >= 4 is 11.8 Å². The maximum atomic E-state index is 12.1. The lowest BCUT2D eigenvalue weighted by atomic mass is 9.87. The van der Waals surface area contributed by atoms with Crippen LogP contribution < -0.4 is 4.90 Å². The number of nitriles is 1. The lowest BCUT2D eigenvalue weighted by Gasteiger charge is -2.39. The van der Waals surface area contributed by atoms with E-state index in [-0.39, 0.29) is 5.92 Å². The molecule has 1 saturated heterocycles. The molecule has 2 aromatic rings. The summed E-state index contributed by atoms with van der Waals surface area (Å²) in [6, 6.07) is 9.22. The standard InChI is InChI=1S/C18H21N5O2/c1-13(2)15-6-9-23(21-15)18(17(24)25)7-10-22(11-8-18)16-5-3-4-14(12-19)20-16/h3-6,9,13H,7-8,10-11H2,1-2H3,(H,24,25). The Morgan fingerprint density at radius 3 is 2.60 bits per heavy atom. The number of rotatable bonds is 4. The van der Waals surface area contributed by atoms with E-state index in [1.165, 1.54) is 0 Å². The Bertz CT molecular complexity index is 813. The van der Waals surface area contributed by atoms with Crippen molar-refractivity contribution < 1.29 is 9.90 Å². The molecule has 0 saturated carbocycles. The third-order valence-electron chi connectivity index (χ3n) is 4.80. The van der Waals surface area contributed by atoms with Gasteiger partial charge in [-0.15, -0.1) is 0 Å². The molecule has 3 heterocycles. The molecule has 0 aromatic carbocycles. The van der Waals surface area contributed by atoms with Crippen molar-refractivity contribution in [3.8, 4) is 6.07 Å². The third kappa shape index (κ3) is 3.07. The zero-order chi connectivity index (χ0) is 18.0. The molecule has 3 rings (SSSR count). The fraction of sp³-hybridized carbons (Fsp3) is 0.444. The molecule has 0 aliphatic carbocycles. The van der Waals surface area contributed by atoms with E-state index in [1.54, 1.807) is 23.0 Å². The van der Waals surface area contributed by atoms with Crippen LogP contribution in [0.1, 0.15) is 44.0 Å². The van der Waals surface area contributed by atoms with Gasteiger partial charge in [-0.05, 0) is 24.1 Å². The summed E-state index contributed by atoms with van der Waals surface area (Å²) in [6.07, 6.45) is 2.63. The number of hydrogen-bond donors (Lipinski definition) is 1. The summed E-state index contributed by atoms with van der Waals surface area (Å²) in [6.45, 7) is 5.17. The van der Waals surface area contributed by atoms with Crippen molar-refractivity contribution in [2.75, 3.05) is 18.0 Å². The minimum Gasteiger partial charge on any atom is -0.479 e. The Hall–Kier alpha value is -2.88. The minimum atomic E-state index is -1.03. The predicted octanol–water partition coefficient (Wildman–Crippen LogP) is 2.35. The molecule has 1 aliphatic heterocycles. The number of carbonyl (C=O) groups is 1. The largest absolute Gasteiger partial charge is 0.479 e. The molecule has 25 heavy (non-hydrogen) atoms. The molecule has 0 amide bonds. The lowest BCUT2D eigenvalue weighted by Crippen LogP contribution is -2.51. The van der Waals surface area contributed by atoms with E-state index in [0.29, 0.717) is 37.4 Å². The monoisotopic (exact) mass is 339 g/mol. The van der Waals surface area contributed by atoms with Gasteiger partial charge in [0.25, 0.3) is 0 Å². The van der Waals surface area contributed by atoms with Crippen LogP contribution in [-0.2, 0) is 10.3 Å². The van der Waals surface area contributed by atoms with E-state index >= 15 is 0 Å². The summed E-state index contributed by atoms with van der Waals surface area (Å²) in [4.78, 5) is 18.4. The molecule has 0 spiro atoms. The summed E-state index contributed by atoms with van der Waals surface area (Å²) < 4.78 is 1.61. The smallest absolute Gasteiger partial charge is 0.331 e. The Morgan fingerprint density at radius 2 is 2.04 bits per heavy atom. The minimum absolute atomic E-state index is 0.255. The molecule has 1 fully saturated rings. The Kier molecular flexibility index (Phi) is 4.45. The summed E-state index contributed by atoms with van der Waals surface area (Å²) in [5, 5.41) is 23.4. The number of aliphatic carboxylic acids is 1. The first-order chi connectivity index (χ1) is 12.0. The van der Waals surface area contributed by atoms with Crippen molar-refractivity contribution in [1.82, 2.24) is 14.8 Å². The van der Waals surface area contributed by atoms with Gasteiger partial charge < -0.3 is 10.0 Å². The van der Waals surface area contributed by atoms with E-state index in [2.05, 4.69) is 10.1 Å². The van der Waals surface area contributed by atoms with Gasteiger partial charge in [-0.3, -0.25) is 4.68 Å². The topological polar surface area (TPSA) is 95.0 Å². The van der Waals surface area contributed by atoms with Gasteiger partial charge in [0.2, 0.25) is 0 Å². The molecule has 0 bridgehead atoms. The molecular weight excluding hydrogens is 318 g/mol. The first-order valence-corrected chi connectivity index (χ1v) is 8.38. The molecular formula is C18H21N5O2. The summed E-state index contributed by atoms with van der Waals surface area (Å²) in [5.41, 5.74) is 0.226. The van der Waals surface area contributed by atoms with Gasteiger partial charge in [0, 0.05) is 32.1 Å². The quantitative estimate of drug-likeness (QED) is 0.919. The number of aromatic nitrogens is 3. The molecule has 130 valence electrons. The van der Waals surface area contributed by atoms with Crippen molar-refractivity contribution in [1.29, 1.82) is 5.26 Å². The second-order valence-corrected chi connectivity index (χ2v) is 6.66. The van der Waals surface area contributed by atoms with Crippen molar-refractivity contribution in [3.63, 3.8) is 0 Å².